The van der Waals surface area contributed by atoms with Crippen molar-refractivity contribution in [3.8, 4) is 0 Å². The van der Waals surface area contributed by atoms with Crippen LogP contribution in [0.3, 0.4) is 0 Å². The van der Waals surface area contributed by atoms with Gasteiger partial charge in [0, 0.05) is 12.0 Å². The molecule has 0 aromatic carbocycles. The molecule has 0 aromatic heterocycles. The Morgan fingerprint density at radius 2 is 2.05 bits per heavy atom. The largest absolute Gasteiger partial charge is 0.444 e. The maximum Gasteiger partial charge on any atom is 0.407 e. The quantitative estimate of drug-likeness (QED) is 0.757. The van der Waals surface area contributed by atoms with Gasteiger partial charge in [-0.25, -0.2) is 4.79 Å². The highest BCUT2D eigenvalue weighted by Crippen LogP contribution is 2.34. The Kier molecular flexibility index (Phi) is 7.13. The molecule has 3 atom stereocenters. The Bertz CT molecular complexity index is 353. The van der Waals surface area contributed by atoms with E-state index < -0.39 is 11.7 Å². The van der Waals surface area contributed by atoms with Crippen LogP contribution in [0, 0.1) is 5.41 Å². The van der Waals surface area contributed by atoms with Crippen molar-refractivity contribution in [1.82, 2.24) is 5.32 Å². The molecule has 1 amide bonds. The van der Waals surface area contributed by atoms with E-state index in [4.69, 9.17) is 9.47 Å². The summed E-state index contributed by atoms with van der Waals surface area (Å²) in [6.07, 6.45) is 4.72. The molecule has 1 aliphatic rings. The van der Waals surface area contributed by atoms with E-state index in [1.165, 1.54) is 0 Å². The van der Waals surface area contributed by atoms with Crippen LogP contribution in [0.2, 0.25) is 0 Å². The second-order valence-electron chi connectivity index (χ2n) is 7.61. The van der Waals surface area contributed by atoms with E-state index in [-0.39, 0.29) is 18.1 Å². The SMILES string of the molecule is CCCC(CO)(CNC(=O)OC(C)(C)C)CC1CCC(C)O1. The summed E-state index contributed by atoms with van der Waals surface area (Å²) in [5, 5.41) is 12.8. The molecule has 1 fully saturated rings. The third-order valence-corrected chi connectivity index (χ3v) is 4.10. The van der Waals surface area contributed by atoms with E-state index in [2.05, 4.69) is 19.2 Å². The first-order valence-corrected chi connectivity index (χ1v) is 8.43. The van der Waals surface area contributed by atoms with Crippen molar-refractivity contribution in [2.45, 2.75) is 84.5 Å². The van der Waals surface area contributed by atoms with Gasteiger partial charge in [0.05, 0.1) is 18.8 Å². The van der Waals surface area contributed by atoms with E-state index >= 15 is 0 Å². The molecule has 1 rings (SSSR count). The van der Waals surface area contributed by atoms with E-state index in [0.717, 1.165) is 32.1 Å². The molecule has 1 heterocycles. The molecule has 0 aromatic rings. The number of aliphatic hydroxyl groups is 1. The number of amides is 1. The Hall–Kier alpha value is -0.810. The lowest BCUT2D eigenvalue weighted by atomic mass is 9.78. The molecule has 130 valence electrons. The molecule has 1 aliphatic heterocycles. The van der Waals surface area contributed by atoms with Crippen LogP contribution in [-0.2, 0) is 9.47 Å². The Balaban J connectivity index is 2.60. The molecule has 0 bridgehead atoms. The highest BCUT2D eigenvalue weighted by atomic mass is 16.6. The predicted molar refractivity (Wildman–Crippen MR) is 86.8 cm³/mol. The topological polar surface area (TPSA) is 67.8 Å². The number of carbonyl (C=O) groups excluding carboxylic acids is 1. The molecule has 0 spiro atoms. The lowest BCUT2D eigenvalue weighted by Crippen LogP contribution is -2.44. The number of alkyl carbamates (subject to hydrolysis) is 1. The molecule has 5 heteroatoms. The van der Waals surface area contributed by atoms with Crippen molar-refractivity contribution in [3.63, 3.8) is 0 Å². The van der Waals surface area contributed by atoms with E-state index in [1.54, 1.807) is 0 Å². The molecule has 3 unspecified atom stereocenters. The summed E-state index contributed by atoms with van der Waals surface area (Å²) in [5.41, 5.74) is -0.846. The van der Waals surface area contributed by atoms with Crippen LogP contribution < -0.4 is 5.32 Å². The fourth-order valence-electron chi connectivity index (χ4n) is 3.08. The third kappa shape index (κ3) is 6.53. The van der Waals surface area contributed by atoms with Gasteiger partial charge in [0.2, 0.25) is 0 Å². The molecular weight excluding hydrogens is 282 g/mol. The number of ether oxygens (including phenoxy) is 2. The van der Waals surface area contributed by atoms with Crippen LogP contribution in [0.25, 0.3) is 0 Å². The first-order valence-electron chi connectivity index (χ1n) is 8.43. The molecule has 0 radical (unpaired) electrons. The van der Waals surface area contributed by atoms with Gasteiger partial charge in [0.25, 0.3) is 0 Å². The van der Waals surface area contributed by atoms with Crippen molar-refractivity contribution >= 4 is 6.09 Å². The maximum atomic E-state index is 11.9. The van der Waals surface area contributed by atoms with E-state index in [1.807, 2.05) is 20.8 Å². The monoisotopic (exact) mass is 315 g/mol. The Morgan fingerprint density at radius 3 is 2.50 bits per heavy atom. The standard InChI is InChI=1S/C17H33NO4/c1-6-9-17(12-19,10-14-8-7-13(2)21-14)11-18-15(20)22-16(3,4)5/h13-14,19H,6-12H2,1-5H3,(H,18,20). The number of aliphatic hydroxyl groups excluding tert-OH is 1. The minimum Gasteiger partial charge on any atom is -0.444 e. The minimum absolute atomic E-state index is 0.0465. The summed E-state index contributed by atoms with van der Waals surface area (Å²) in [6.45, 7) is 10.2. The maximum absolute atomic E-state index is 11.9. The highest BCUT2D eigenvalue weighted by Gasteiger charge is 2.35. The first kappa shape index (κ1) is 19.2. The van der Waals surface area contributed by atoms with Crippen LogP contribution in [0.15, 0.2) is 0 Å². The fraction of sp³-hybridized carbons (Fsp3) is 0.941. The molecule has 0 saturated carbocycles. The van der Waals surface area contributed by atoms with Gasteiger partial charge in [-0.3, -0.25) is 0 Å². The fourth-order valence-corrected chi connectivity index (χ4v) is 3.08. The van der Waals surface area contributed by atoms with E-state index in [0.29, 0.717) is 12.6 Å². The lowest BCUT2D eigenvalue weighted by Gasteiger charge is -2.34. The van der Waals surface area contributed by atoms with Crippen molar-refractivity contribution < 1.29 is 19.4 Å². The number of nitrogens with one attached hydrogen (secondary N) is 1. The van der Waals surface area contributed by atoms with Crippen LogP contribution in [0.4, 0.5) is 4.79 Å². The van der Waals surface area contributed by atoms with Gasteiger partial charge in [0.1, 0.15) is 5.60 Å². The zero-order valence-corrected chi connectivity index (χ0v) is 14.8. The van der Waals surface area contributed by atoms with Crippen molar-refractivity contribution in [3.05, 3.63) is 0 Å². The van der Waals surface area contributed by atoms with Crippen LogP contribution >= 0.6 is 0 Å². The van der Waals surface area contributed by atoms with Crippen LogP contribution in [0.5, 0.6) is 0 Å². The van der Waals surface area contributed by atoms with E-state index in [9.17, 15) is 9.90 Å². The zero-order valence-electron chi connectivity index (χ0n) is 14.8. The van der Waals surface area contributed by atoms with Crippen molar-refractivity contribution in [2.24, 2.45) is 5.41 Å². The summed E-state index contributed by atoms with van der Waals surface area (Å²) < 4.78 is 11.2. The van der Waals surface area contributed by atoms with Crippen LogP contribution in [-0.4, -0.2) is 42.2 Å². The zero-order chi connectivity index (χ0) is 16.8. The highest BCUT2D eigenvalue weighted by molar-refractivity contribution is 5.67. The molecule has 22 heavy (non-hydrogen) atoms. The van der Waals surface area contributed by atoms with Gasteiger partial charge >= 0.3 is 6.09 Å². The number of rotatable bonds is 7. The van der Waals surface area contributed by atoms with Gasteiger partial charge in [0.15, 0.2) is 0 Å². The normalized spacial score (nSPS) is 24.8. The predicted octanol–water partition coefficient (Wildman–Crippen LogP) is 3.25. The van der Waals surface area contributed by atoms with Gasteiger partial charge in [-0.15, -0.1) is 0 Å². The Labute approximate surface area is 134 Å². The number of hydrogen-bond acceptors (Lipinski definition) is 4. The molecular formula is C17H33NO4. The molecule has 5 nitrogen and oxygen atoms in total. The lowest BCUT2D eigenvalue weighted by molar-refractivity contribution is -0.00276. The summed E-state index contributed by atoms with van der Waals surface area (Å²) in [7, 11) is 0. The second-order valence-corrected chi connectivity index (χ2v) is 7.61. The second kappa shape index (κ2) is 8.16. The smallest absolute Gasteiger partial charge is 0.407 e. The summed E-state index contributed by atoms with van der Waals surface area (Å²) in [6, 6.07) is 0. The van der Waals surface area contributed by atoms with Gasteiger partial charge in [-0.05, 0) is 53.4 Å². The number of carbonyl (C=O) groups is 1. The van der Waals surface area contributed by atoms with Gasteiger partial charge in [-0.2, -0.15) is 0 Å². The number of hydrogen-bond donors (Lipinski definition) is 2. The summed E-state index contributed by atoms with van der Waals surface area (Å²) >= 11 is 0. The summed E-state index contributed by atoms with van der Waals surface area (Å²) in [5.74, 6) is 0. The third-order valence-electron chi connectivity index (χ3n) is 4.10. The summed E-state index contributed by atoms with van der Waals surface area (Å²) in [4.78, 5) is 11.9. The van der Waals surface area contributed by atoms with Gasteiger partial charge < -0.3 is 19.9 Å². The van der Waals surface area contributed by atoms with Gasteiger partial charge in [-0.1, -0.05) is 13.3 Å². The van der Waals surface area contributed by atoms with Crippen LogP contribution in [0.1, 0.15) is 66.7 Å². The molecule has 0 aliphatic carbocycles. The molecule has 2 N–H and O–H groups in total. The first-order chi connectivity index (χ1) is 10.2. The molecule has 1 saturated heterocycles. The average molecular weight is 315 g/mol. The Morgan fingerprint density at radius 1 is 1.36 bits per heavy atom. The minimum atomic E-state index is -0.513. The van der Waals surface area contributed by atoms with Crippen molar-refractivity contribution in [2.75, 3.05) is 13.2 Å². The van der Waals surface area contributed by atoms with Crippen molar-refractivity contribution in [1.29, 1.82) is 0 Å². The average Bonchev–Trinajstić information content (AvgIpc) is 2.79.